The lowest BCUT2D eigenvalue weighted by molar-refractivity contribution is 0.0988. The van der Waals surface area contributed by atoms with Crippen molar-refractivity contribution < 1.29 is 9.18 Å². The normalized spacial score (nSPS) is 24.7. The number of thioether (sulfide) groups is 1. The number of amidine groups is 1. The monoisotopic (exact) mass is 382 g/mol. The van der Waals surface area contributed by atoms with Crippen LogP contribution in [0.3, 0.4) is 0 Å². The number of pyridine rings is 1. The van der Waals surface area contributed by atoms with Crippen molar-refractivity contribution in [3.63, 3.8) is 0 Å². The summed E-state index contributed by atoms with van der Waals surface area (Å²) >= 11 is 1.23. The molecule has 0 amide bonds. The highest BCUT2D eigenvalue weighted by molar-refractivity contribution is 8.14. The first-order valence-corrected chi connectivity index (χ1v) is 9.33. The molecule has 2 heterocycles. The minimum atomic E-state index is -1.19. The molecule has 1 aliphatic rings. The molecule has 3 rings (SSSR count). The second kappa shape index (κ2) is 7.49. The van der Waals surface area contributed by atoms with Crippen LogP contribution in [0, 0.1) is 6.57 Å². The van der Waals surface area contributed by atoms with Crippen LogP contribution in [0.15, 0.2) is 47.6 Å². The van der Waals surface area contributed by atoms with E-state index in [1.54, 1.807) is 38.1 Å². The fourth-order valence-corrected chi connectivity index (χ4v) is 4.14. The fraction of sp³-hybridized carbons (Fsp3) is 0.300. The topological polar surface area (TPSA) is 72.7 Å². The van der Waals surface area contributed by atoms with E-state index in [1.165, 1.54) is 18.0 Å². The van der Waals surface area contributed by atoms with Gasteiger partial charge in [0.25, 0.3) is 0 Å². The molecule has 0 spiro atoms. The second-order valence-corrected chi connectivity index (χ2v) is 8.03. The van der Waals surface area contributed by atoms with Gasteiger partial charge in [0.2, 0.25) is 5.69 Å². The Morgan fingerprint density at radius 3 is 2.85 bits per heavy atom. The van der Waals surface area contributed by atoms with Gasteiger partial charge in [0, 0.05) is 17.9 Å². The summed E-state index contributed by atoms with van der Waals surface area (Å²) in [5.74, 6) is -0.166. The summed E-state index contributed by atoms with van der Waals surface area (Å²) in [5.41, 5.74) is 6.92. The van der Waals surface area contributed by atoms with Gasteiger partial charge in [0.05, 0.1) is 6.57 Å². The number of aromatic nitrogens is 1. The fourth-order valence-electron chi connectivity index (χ4n) is 3.14. The highest BCUT2D eigenvalue weighted by Crippen LogP contribution is 2.41. The molecule has 0 fully saturated rings. The SMILES string of the molecule is [C-]#[N+]c1ccc(C(=O)Cc2cccc([C@@]3(C)N=C(N)S[C@H](C)[C@@H]3F)c2)nc1. The molecule has 0 unspecified atom stereocenters. The van der Waals surface area contributed by atoms with Crippen molar-refractivity contribution in [3.05, 3.63) is 70.8 Å². The van der Waals surface area contributed by atoms with E-state index in [2.05, 4.69) is 14.8 Å². The molecule has 2 aromatic rings. The number of alkyl halides is 1. The molecule has 7 heteroatoms. The van der Waals surface area contributed by atoms with Gasteiger partial charge in [-0.15, -0.1) is 0 Å². The van der Waals surface area contributed by atoms with E-state index < -0.39 is 11.7 Å². The number of Topliss-reactive ketones (excluding diaryl/α,β-unsaturated/α-hetero) is 1. The van der Waals surface area contributed by atoms with Crippen LogP contribution in [0.25, 0.3) is 4.85 Å². The summed E-state index contributed by atoms with van der Waals surface area (Å²) < 4.78 is 14.9. The summed E-state index contributed by atoms with van der Waals surface area (Å²) in [6.07, 6.45) is 0.321. The Bertz CT molecular complexity index is 938. The number of nitrogens with zero attached hydrogens (tertiary/aromatic N) is 3. The second-order valence-electron chi connectivity index (χ2n) is 6.64. The number of benzene rings is 1. The van der Waals surface area contributed by atoms with Crippen molar-refractivity contribution in [3.8, 4) is 0 Å². The molecule has 0 bridgehead atoms. The number of rotatable bonds is 4. The van der Waals surface area contributed by atoms with Gasteiger partial charge in [-0.3, -0.25) is 9.78 Å². The van der Waals surface area contributed by atoms with E-state index in [0.29, 0.717) is 22.1 Å². The summed E-state index contributed by atoms with van der Waals surface area (Å²) in [6, 6.07) is 10.3. The summed E-state index contributed by atoms with van der Waals surface area (Å²) in [4.78, 5) is 24.2. The Balaban J connectivity index is 1.86. The van der Waals surface area contributed by atoms with Crippen molar-refractivity contribution in [1.29, 1.82) is 0 Å². The lowest BCUT2D eigenvalue weighted by Gasteiger charge is -2.37. The van der Waals surface area contributed by atoms with Gasteiger partial charge in [-0.2, -0.15) is 0 Å². The van der Waals surface area contributed by atoms with Crippen molar-refractivity contribution in [2.24, 2.45) is 10.7 Å². The molecule has 27 heavy (non-hydrogen) atoms. The lowest BCUT2D eigenvalue weighted by atomic mass is 9.85. The van der Waals surface area contributed by atoms with Crippen molar-refractivity contribution in [2.45, 2.75) is 37.2 Å². The Hall–Kier alpha value is -2.72. The Morgan fingerprint density at radius 2 is 2.19 bits per heavy atom. The van der Waals surface area contributed by atoms with Crippen LogP contribution in [0.4, 0.5) is 10.1 Å². The Morgan fingerprint density at radius 1 is 1.41 bits per heavy atom. The molecule has 3 atom stereocenters. The molecule has 1 aliphatic heterocycles. The minimum absolute atomic E-state index is 0.134. The largest absolute Gasteiger partial charge is 0.379 e. The lowest BCUT2D eigenvalue weighted by Crippen LogP contribution is -2.43. The van der Waals surface area contributed by atoms with Crippen LogP contribution < -0.4 is 5.73 Å². The number of carbonyl (C=O) groups excluding carboxylic acids is 1. The molecule has 1 aromatic carbocycles. The van der Waals surface area contributed by atoms with E-state index in [1.807, 2.05) is 12.1 Å². The maximum atomic E-state index is 14.9. The third kappa shape index (κ3) is 3.86. The highest BCUT2D eigenvalue weighted by atomic mass is 32.2. The molecular formula is C20H19FN4OS. The Kier molecular flexibility index (Phi) is 5.29. The highest BCUT2D eigenvalue weighted by Gasteiger charge is 2.43. The zero-order valence-electron chi connectivity index (χ0n) is 15.0. The number of hydrogen-bond acceptors (Lipinski definition) is 5. The first-order chi connectivity index (χ1) is 12.8. The quantitative estimate of drug-likeness (QED) is 0.639. The van der Waals surface area contributed by atoms with Gasteiger partial charge in [-0.05, 0) is 31.0 Å². The van der Waals surface area contributed by atoms with Crippen molar-refractivity contribution in [2.75, 3.05) is 0 Å². The molecule has 1 aromatic heterocycles. The zero-order chi connectivity index (χ0) is 19.6. The number of ketones is 1. The van der Waals surface area contributed by atoms with Crippen LogP contribution in [0.2, 0.25) is 0 Å². The van der Waals surface area contributed by atoms with Gasteiger partial charge in [0.1, 0.15) is 17.4 Å². The number of carbonyl (C=O) groups is 1. The maximum Gasteiger partial charge on any atom is 0.205 e. The Labute approximate surface area is 161 Å². The van der Waals surface area contributed by atoms with E-state index in [4.69, 9.17) is 12.3 Å². The van der Waals surface area contributed by atoms with Crippen LogP contribution >= 0.6 is 11.8 Å². The molecular weight excluding hydrogens is 363 g/mol. The predicted molar refractivity (Wildman–Crippen MR) is 106 cm³/mol. The standard InChI is InChI=1S/C20H19FN4OS/c1-12-18(21)20(2,25-19(22)27-12)14-6-4-5-13(9-14)10-17(26)16-8-7-15(23-3)11-24-16/h4-9,11-12,18H,10H2,1-2H3,(H2,22,25)/t12-,18+,20-/m1/s1. The molecule has 0 radical (unpaired) electrons. The molecule has 0 aliphatic carbocycles. The number of halogens is 1. The van der Waals surface area contributed by atoms with Gasteiger partial charge in [-0.25, -0.2) is 14.2 Å². The van der Waals surface area contributed by atoms with Crippen LogP contribution in [-0.4, -0.2) is 27.4 Å². The van der Waals surface area contributed by atoms with Crippen molar-refractivity contribution >= 4 is 28.4 Å². The molecule has 5 nitrogen and oxygen atoms in total. The van der Waals surface area contributed by atoms with Gasteiger partial charge < -0.3 is 5.73 Å². The van der Waals surface area contributed by atoms with Gasteiger partial charge in [0.15, 0.2) is 11.0 Å². The molecule has 138 valence electrons. The van der Waals surface area contributed by atoms with E-state index in [0.717, 1.165) is 5.56 Å². The van der Waals surface area contributed by atoms with Crippen LogP contribution in [0.5, 0.6) is 0 Å². The van der Waals surface area contributed by atoms with E-state index in [9.17, 15) is 9.18 Å². The van der Waals surface area contributed by atoms with Crippen molar-refractivity contribution in [1.82, 2.24) is 4.98 Å². The average Bonchev–Trinajstić information content (AvgIpc) is 2.66. The summed E-state index contributed by atoms with van der Waals surface area (Å²) in [5, 5.41) is 0.0624. The first-order valence-electron chi connectivity index (χ1n) is 8.45. The molecule has 0 saturated carbocycles. The summed E-state index contributed by atoms with van der Waals surface area (Å²) in [7, 11) is 0. The smallest absolute Gasteiger partial charge is 0.205 e. The maximum absolute atomic E-state index is 14.9. The number of nitrogens with two attached hydrogens (primary N) is 1. The molecule has 0 saturated heterocycles. The van der Waals surface area contributed by atoms with Gasteiger partial charge in [-0.1, -0.05) is 42.1 Å². The van der Waals surface area contributed by atoms with Crippen LogP contribution in [0.1, 0.15) is 35.5 Å². The van der Waals surface area contributed by atoms with E-state index >= 15 is 0 Å². The predicted octanol–water partition coefficient (Wildman–Crippen LogP) is 4.06. The average molecular weight is 382 g/mol. The third-order valence-corrected chi connectivity index (χ3v) is 5.58. The first kappa shape index (κ1) is 19.1. The van der Waals surface area contributed by atoms with Crippen LogP contribution in [-0.2, 0) is 12.0 Å². The van der Waals surface area contributed by atoms with Gasteiger partial charge >= 0.3 is 0 Å². The summed E-state index contributed by atoms with van der Waals surface area (Å²) in [6.45, 7) is 10.5. The number of aliphatic imine (C=N–C) groups is 1. The minimum Gasteiger partial charge on any atom is -0.379 e. The van der Waals surface area contributed by atoms with E-state index in [-0.39, 0.29) is 17.5 Å². The molecule has 2 N–H and O–H groups in total. The third-order valence-electron chi connectivity index (χ3n) is 4.64. The number of hydrogen-bond donors (Lipinski definition) is 1. The zero-order valence-corrected chi connectivity index (χ0v) is 15.8.